The van der Waals surface area contributed by atoms with Crippen molar-refractivity contribution in [1.82, 2.24) is 31.9 Å². The van der Waals surface area contributed by atoms with Crippen LogP contribution >= 0.6 is 0 Å². The van der Waals surface area contributed by atoms with Gasteiger partial charge >= 0.3 is 0 Å². The second-order valence-electron chi connectivity index (χ2n) is 36.2. The predicted molar refractivity (Wildman–Crippen MR) is 396 cm³/mol. The van der Waals surface area contributed by atoms with Crippen LogP contribution in [0.2, 0.25) is 0 Å². The highest BCUT2D eigenvalue weighted by Crippen LogP contribution is 2.51. The summed E-state index contributed by atoms with van der Waals surface area (Å²) in [5.74, 6) is 0. The summed E-state index contributed by atoms with van der Waals surface area (Å²) in [5, 5.41) is 21.2. The zero-order chi connectivity index (χ0) is 67.1. The molecule has 6 aromatic carbocycles. The predicted octanol–water partition coefficient (Wildman–Crippen LogP) is 18.2. The van der Waals surface area contributed by atoms with Crippen LogP contribution < -0.4 is 31.9 Å². The average molecular weight is 1240 g/mol. The molecule has 0 aromatic heterocycles. The molecule has 0 radical (unpaired) electrons. The Balaban J connectivity index is 0.000000131. The van der Waals surface area contributed by atoms with Crippen LogP contribution in [0.1, 0.15) is 278 Å². The third-order valence-electron chi connectivity index (χ3n) is 21.4. The van der Waals surface area contributed by atoms with Gasteiger partial charge in [0.15, 0.2) is 0 Å². The first-order valence-corrected chi connectivity index (χ1v) is 35.9. The highest BCUT2D eigenvalue weighted by molar-refractivity contribution is 5.47. The average Bonchev–Trinajstić information content (AvgIpc) is 1.61. The summed E-state index contributed by atoms with van der Waals surface area (Å²) in [5.41, 5.74) is 29.9. The van der Waals surface area contributed by atoms with Crippen LogP contribution in [0.25, 0.3) is 0 Å². The zero-order valence-electron chi connectivity index (χ0n) is 62.1. The number of benzene rings is 6. The Labute approximate surface area is 561 Å². The molecule has 92 heavy (non-hydrogen) atoms. The fourth-order valence-electron chi connectivity index (χ4n) is 14.5. The quantitative estimate of drug-likeness (QED) is 0.0911. The molecule has 2 aliphatic carbocycles. The van der Waals surface area contributed by atoms with E-state index < -0.39 is 0 Å². The molecule has 500 valence electrons. The van der Waals surface area contributed by atoms with Crippen LogP contribution in [0, 0.1) is 0 Å². The van der Waals surface area contributed by atoms with Gasteiger partial charge in [0.1, 0.15) is 0 Å². The van der Waals surface area contributed by atoms with Crippen molar-refractivity contribution in [3.05, 3.63) is 209 Å². The minimum Gasteiger partial charge on any atom is -0.312 e. The summed E-state index contributed by atoms with van der Waals surface area (Å²) in [6.45, 7) is 61.1. The number of fused-ring (bicyclic) bond motifs is 8. The van der Waals surface area contributed by atoms with Gasteiger partial charge in [-0.05, 0) is 217 Å². The van der Waals surface area contributed by atoms with Gasteiger partial charge in [0.2, 0.25) is 0 Å². The molecule has 6 heteroatoms. The van der Waals surface area contributed by atoms with Crippen LogP contribution in [-0.2, 0) is 106 Å². The van der Waals surface area contributed by atoms with Crippen molar-refractivity contribution >= 4 is 0 Å². The van der Waals surface area contributed by atoms with Gasteiger partial charge in [-0.15, -0.1) is 0 Å². The molecule has 0 atom stereocenters. The van der Waals surface area contributed by atoms with E-state index in [4.69, 9.17) is 0 Å². The topological polar surface area (TPSA) is 72.2 Å². The Kier molecular flexibility index (Phi) is 21.2. The number of rotatable bonds is 0. The lowest BCUT2D eigenvalue weighted by Crippen LogP contribution is -2.42. The fraction of sp³-hybridized carbons (Fsp3) is 0.581. The van der Waals surface area contributed by atoms with Crippen molar-refractivity contribution in [2.75, 3.05) is 39.3 Å². The van der Waals surface area contributed by atoms with Crippen LogP contribution in [0.3, 0.4) is 0 Å². The highest BCUT2D eigenvalue weighted by atomic mass is 15.0. The molecule has 6 aromatic rings. The van der Waals surface area contributed by atoms with Gasteiger partial charge in [-0.2, -0.15) is 0 Å². The first-order valence-electron chi connectivity index (χ1n) is 35.9. The van der Waals surface area contributed by atoms with Gasteiger partial charge in [-0.1, -0.05) is 248 Å². The summed E-state index contributed by atoms with van der Waals surface area (Å²) < 4.78 is 0. The van der Waals surface area contributed by atoms with E-state index >= 15 is 0 Å². The van der Waals surface area contributed by atoms with Gasteiger partial charge in [-0.25, -0.2) is 0 Å². The first-order chi connectivity index (χ1) is 42.8. The van der Waals surface area contributed by atoms with E-state index in [1.807, 2.05) is 0 Å². The molecule has 0 unspecified atom stereocenters. The van der Waals surface area contributed by atoms with Gasteiger partial charge in [0.05, 0.1) is 0 Å². The standard InChI is InChI=1S/2C15H21N.2C15H23N.2C13H19N/c1-14(2,3)12-4-5-13-11(10-12)6-9-16-15(13)7-8-15;1-14(2,3)12-4-5-13-11(8-12)9-16-10-15(13)6-7-15;1-14(2,3)12-6-7-13-11(8-12)9-16-10-15(13,4)5;1-14(2,3)12-6-7-13-11(10-12)8-9-16-15(13,4)5;1-13(2,3)12-5-4-11-9-14-7-6-10(11)8-12;1-13(2,3)12-5-4-10-6-7-14-9-11(10)8-12/h4-5,10,16H,6-9H2,1-3H3;4-5,8,16H,6-7,9-10H2,1-3H3;6-8,16H,9-10H2,1-5H3;6-7,10,16H,8-9H2,1-5H3;2*4-5,8,14H,6-7,9H2,1-3H3. The summed E-state index contributed by atoms with van der Waals surface area (Å²) in [6, 6.07) is 42.2. The minimum atomic E-state index is 0.129. The highest BCUT2D eigenvalue weighted by Gasteiger charge is 2.48. The second kappa shape index (κ2) is 27.3. The van der Waals surface area contributed by atoms with Crippen molar-refractivity contribution in [3.8, 4) is 0 Å². The van der Waals surface area contributed by atoms with E-state index in [1.54, 1.807) is 16.7 Å². The molecule has 6 aliphatic heterocycles. The van der Waals surface area contributed by atoms with Gasteiger partial charge in [0, 0.05) is 67.7 Å². The summed E-state index contributed by atoms with van der Waals surface area (Å²) in [7, 11) is 0. The molecule has 6 N–H and O–H groups in total. The molecule has 2 spiro atoms. The van der Waals surface area contributed by atoms with Crippen LogP contribution in [-0.4, -0.2) is 39.3 Å². The van der Waals surface area contributed by atoms with E-state index in [-0.39, 0.29) is 43.4 Å². The molecule has 8 aliphatic rings. The van der Waals surface area contributed by atoms with Crippen molar-refractivity contribution in [2.45, 2.75) is 284 Å². The molecule has 14 rings (SSSR count). The lowest BCUT2D eigenvalue weighted by Gasteiger charge is -2.35. The fourth-order valence-corrected chi connectivity index (χ4v) is 14.5. The molecular weight excluding hydrogens is 1120 g/mol. The maximum atomic E-state index is 3.68. The van der Waals surface area contributed by atoms with E-state index in [1.165, 1.54) is 135 Å². The monoisotopic (exact) mass is 1240 g/mol. The van der Waals surface area contributed by atoms with Crippen molar-refractivity contribution in [3.63, 3.8) is 0 Å². The number of nitrogens with one attached hydrogen (secondary N) is 6. The Morgan fingerprint density at radius 1 is 0.283 bits per heavy atom. The van der Waals surface area contributed by atoms with Crippen molar-refractivity contribution < 1.29 is 0 Å². The first kappa shape index (κ1) is 71.4. The normalized spacial score (nSPS) is 19.4. The smallest absolute Gasteiger partial charge is 0.0439 e. The van der Waals surface area contributed by atoms with Crippen LogP contribution in [0.5, 0.6) is 0 Å². The summed E-state index contributed by atoms with van der Waals surface area (Å²) in [4.78, 5) is 0. The molecule has 6 heterocycles. The third kappa shape index (κ3) is 17.6. The van der Waals surface area contributed by atoms with Gasteiger partial charge < -0.3 is 31.9 Å². The largest absolute Gasteiger partial charge is 0.312 e. The Morgan fingerprint density at radius 2 is 0.630 bits per heavy atom. The van der Waals surface area contributed by atoms with Crippen molar-refractivity contribution in [1.29, 1.82) is 0 Å². The molecule has 2 fully saturated rings. The molecule has 0 saturated heterocycles. The lowest BCUT2D eigenvalue weighted by atomic mass is 9.76. The van der Waals surface area contributed by atoms with Gasteiger partial charge in [-0.3, -0.25) is 0 Å². The van der Waals surface area contributed by atoms with Crippen molar-refractivity contribution in [2.24, 2.45) is 0 Å². The lowest BCUT2D eigenvalue weighted by molar-refractivity contribution is 0.381. The molecule has 0 bridgehead atoms. The van der Waals surface area contributed by atoms with Crippen LogP contribution in [0.15, 0.2) is 109 Å². The second-order valence-corrected chi connectivity index (χ2v) is 36.2. The third-order valence-corrected chi connectivity index (χ3v) is 21.4. The maximum absolute atomic E-state index is 3.68. The Bertz CT molecular complexity index is 3130. The zero-order valence-corrected chi connectivity index (χ0v) is 62.1. The SMILES string of the molecule is CC(C)(C)c1ccc2c(c1)CCNC2.CC(C)(C)c1ccc2c(c1)CCNC2(C)C.CC(C)(C)c1ccc2c(c1)CCNC21CC1.CC(C)(C)c1ccc2c(c1)CNCC2.CC(C)(C)c1ccc2c(c1)CNCC2(C)C.CC(C)(C)c1ccc2c(c1)CNCC21CC1. The summed E-state index contributed by atoms with van der Waals surface area (Å²) >= 11 is 0. The van der Waals surface area contributed by atoms with E-state index in [9.17, 15) is 0 Å². The maximum Gasteiger partial charge on any atom is 0.0439 e. The van der Waals surface area contributed by atoms with Crippen LogP contribution in [0.4, 0.5) is 0 Å². The Hall–Kier alpha value is -4.92. The minimum absolute atomic E-state index is 0.129. The van der Waals surface area contributed by atoms with E-state index in [0.29, 0.717) is 11.0 Å². The molecule has 2 saturated carbocycles. The summed E-state index contributed by atoms with van der Waals surface area (Å²) in [6.07, 6.45) is 10.1. The molecule has 0 amide bonds. The number of hydrogen-bond donors (Lipinski definition) is 6. The van der Waals surface area contributed by atoms with E-state index in [2.05, 4.69) is 293 Å². The van der Waals surface area contributed by atoms with E-state index in [0.717, 1.165) is 65.3 Å². The van der Waals surface area contributed by atoms with Gasteiger partial charge in [0.25, 0.3) is 0 Å². The molecule has 6 nitrogen and oxygen atoms in total. The molecular formula is C86H126N6. The Morgan fingerprint density at radius 3 is 1.12 bits per heavy atom. The number of hydrogen-bond acceptors (Lipinski definition) is 6.